The van der Waals surface area contributed by atoms with E-state index in [9.17, 15) is 81.9 Å². The normalized spacial score (nSPS) is 16.9. The quantitative estimate of drug-likeness (QED) is 0.00777. The molecule has 2 saturated heterocycles. The number of sulfonamides is 1. The lowest BCUT2D eigenvalue weighted by atomic mass is 10.0. The van der Waals surface area contributed by atoms with Gasteiger partial charge in [0.1, 0.15) is 46.9 Å². The Morgan fingerprint density at radius 1 is 0.472 bits per heavy atom. The first-order chi connectivity index (χ1) is 67.2. The second-order valence-electron chi connectivity index (χ2n) is 30.7. The van der Waals surface area contributed by atoms with Crippen molar-refractivity contribution in [3.8, 4) is 34.5 Å². The summed E-state index contributed by atoms with van der Waals surface area (Å²) in [7, 11) is -28.9. The lowest BCUT2D eigenvalue weighted by molar-refractivity contribution is -0.151. The van der Waals surface area contributed by atoms with Gasteiger partial charge in [-0.1, -0.05) is 159 Å². The molecule has 2 heterocycles. The van der Waals surface area contributed by atoms with Gasteiger partial charge in [-0.3, -0.25) is 22.7 Å². The Hall–Kier alpha value is -10.0. The zero-order valence-electron chi connectivity index (χ0n) is 79.5. The summed E-state index contributed by atoms with van der Waals surface area (Å²) in [5.41, 5.74) is -3.26. The van der Waals surface area contributed by atoms with E-state index in [4.69, 9.17) is 98.5 Å². The number of alkyl carbamates (subject to hydrolysis) is 1. The molecule has 784 valence electrons. The van der Waals surface area contributed by atoms with Crippen LogP contribution in [0.2, 0.25) is 0 Å². The van der Waals surface area contributed by atoms with E-state index >= 15 is 0 Å². The van der Waals surface area contributed by atoms with E-state index in [1.54, 1.807) is 148 Å². The molecule has 0 aliphatic carbocycles. The van der Waals surface area contributed by atoms with E-state index in [1.165, 1.54) is 75.5 Å². The molecule has 8 aromatic rings. The fourth-order valence-corrected chi connectivity index (χ4v) is 20.6. The molecule has 142 heavy (non-hydrogen) atoms. The number of hydrogen-bond acceptors (Lipinski definition) is 36. The number of rotatable bonds is 51. The molecule has 0 aromatic heterocycles. The van der Waals surface area contributed by atoms with Gasteiger partial charge in [-0.15, -0.1) is 0 Å². The molecule has 1 amide bonds. The van der Waals surface area contributed by atoms with Crippen molar-refractivity contribution in [3.05, 3.63) is 247 Å². The number of methoxy groups -OCH3 is 1. The van der Waals surface area contributed by atoms with E-state index in [0.29, 0.717) is 30.1 Å². The molecule has 0 radical (unpaired) electrons. The molecular weight excluding hydrogens is 2020 g/mol. The summed E-state index contributed by atoms with van der Waals surface area (Å²) in [4.78, 5) is 77.4. The fraction of sp³-hybridized carbons (Fsp3) is 0.424. The van der Waals surface area contributed by atoms with Crippen LogP contribution in [0.5, 0.6) is 34.5 Å². The third-order valence-corrected chi connectivity index (χ3v) is 28.5. The largest absolute Gasteiger partial charge is 0.523 e. The van der Waals surface area contributed by atoms with Crippen LogP contribution in [0.1, 0.15) is 92.3 Å². The van der Waals surface area contributed by atoms with Crippen molar-refractivity contribution in [3.63, 3.8) is 0 Å². The summed E-state index contributed by atoms with van der Waals surface area (Å²) < 4.78 is 254. The predicted molar refractivity (Wildman–Crippen MR) is 509 cm³/mol. The minimum Gasteiger partial charge on any atom is -0.497 e. The number of aliphatic hydroxyl groups is 2. The molecule has 4 unspecified atom stereocenters. The number of aliphatic hydroxyl groups excluding tert-OH is 2. The van der Waals surface area contributed by atoms with Crippen LogP contribution in [-0.2, 0) is 147 Å². The first-order valence-corrected chi connectivity index (χ1v) is 55.6. The second kappa shape index (κ2) is 60.0. The number of ether oxygens (including phenoxy) is 11. The molecule has 13 atom stereocenters. The lowest BCUT2D eigenvalue weighted by Crippen LogP contribution is -2.51. The first kappa shape index (κ1) is 121. The molecule has 0 saturated carbocycles. The molecule has 40 nitrogen and oxygen atoms in total. The highest BCUT2D eigenvalue weighted by Gasteiger charge is 2.50. The number of halogens is 3. The number of para-hydroxylation sites is 4. The van der Waals surface area contributed by atoms with Crippen LogP contribution in [0.4, 0.5) is 18.0 Å². The van der Waals surface area contributed by atoms with Crippen LogP contribution >= 0.6 is 38.0 Å². The van der Waals surface area contributed by atoms with E-state index < -0.39 is 168 Å². The smallest absolute Gasteiger partial charge is 0.497 e. The van der Waals surface area contributed by atoms with Gasteiger partial charge in [0.25, 0.3) is 0 Å². The molecule has 10 rings (SSSR count). The molecule has 2 fully saturated rings. The maximum absolute atomic E-state index is 13.9. The minimum absolute atomic E-state index is 0.0229. The van der Waals surface area contributed by atoms with Crippen LogP contribution in [-0.4, -0.2) is 217 Å². The maximum Gasteiger partial charge on any atom is 0.523 e. The molecule has 0 spiro atoms. The topological polar surface area (TPSA) is 520 Å². The Morgan fingerprint density at radius 3 is 1.23 bits per heavy atom. The zero-order valence-corrected chi connectivity index (χ0v) is 85.6. The highest BCUT2D eigenvalue weighted by Crippen LogP contribution is 2.54. The van der Waals surface area contributed by atoms with E-state index in [0.717, 1.165) is 18.1 Å². The first-order valence-electron chi connectivity index (χ1n) is 44.0. The van der Waals surface area contributed by atoms with Gasteiger partial charge in [0.2, 0.25) is 16.4 Å². The zero-order chi connectivity index (χ0) is 105. The highest BCUT2D eigenvalue weighted by molar-refractivity contribution is 7.89. The molecule has 8 aromatic carbocycles. The number of alkyl halides is 3. The van der Waals surface area contributed by atoms with Gasteiger partial charge >= 0.3 is 83.6 Å². The van der Waals surface area contributed by atoms with Gasteiger partial charge in [-0.2, -0.15) is 25.9 Å². The van der Waals surface area contributed by atoms with E-state index in [2.05, 4.69) is 14.2 Å². The van der Waals surface area contributed by atoms with Crippen molar-refractivity contribution in [2.75, 3.05) is 91.6 Å². The Bertz CT molecular complexity index is 5610. The summed E-state index contributed by atoms with van der Waals surface area (Å²) in [6.07, 6.45) is -11.1. The third-order valence-electron chi connectivity index (χ3n) is 18.7. The van der Waals surface area contributed by atoms with Crippen molar-refractivity contribution in [2.24, 2.45) is 11.8 Å². The number of esters is 4. The predicted octanol–water partition coefficient (Wildman–Crippen LogP) is 16.3. The Labute approximate surface area is 822 Å². The van der Waals surface area contributed by atoms with Crippen LogP contribution in [0.25, 0.3) is 0 Å². The number of carbonyl (C=O) groups is 5. The van der Waals surface area contributed by atoms with Crippen LogP contribution in [0, 0.1) is 11.8 Å². The Balaban J connectivity index is 0.000000305. The van der Waals surface area contributed by atoms with Gasteiger partial charge in [-0.05, 0) is 176 Å². The molecule has 2 aliphatic rings. The molecule has 5 N–H and O–H groups in total. The monoisotopic (exact) mass is 2140 g/mol. The number of amides is 1. The number of fused-ring (bicyclic) bond motifs is 1. The van der Waals surface area contributed by atoms with Gasteiger partial charge in [0.05, 0.1) is 82.9 Å². The molecule has 2 aliphatic heterocycles. The fourth-order valence-electron chi connectivity index (χ4n) is 12.2. The molecular formula is C92H120F3N2O38P5S2. The third kappa shape index (κ3) is 43.9. The average Bonchev–Trinajstić information content (AvgIpc) is 1.79. The van der Waals surface area contributed by atoms with Gasteiger partial charge in [0.15, 0.2) is 49.7 Å². The van der Waals surface area contributed by atoms with E-state index in [1.807, 2.05) is 80.6 Å². The van der Waals surface area contributed by atoms with Gasteiger partial charge in [0, 0.05) is 13.1 Å². The number of benzene rings is 8. The highest BCUT2D eigenvalue weighted by atomic mass is 32.2. The van der Waals surface area contributed by atoms with Crippen molar-refractivity contribution in [1.82, 2.24) is 9.62 Å². The average molecular weight is 2140 g/mol. The molecule has 0 bridgehead atoms. The number of hydrogen-bond donors (Lipinski definition) is 5. The van der Waals surface area contributed by atoms with Crippen molar-refractivity contribution in [2.45, 2.75) is 155 Å². The Morgan fingerprint density at radius 2 is 0.845 bits per heavy atom. The number of nitrogens with one attached hydrogen (secondary N) is 1. The van der Waals surface area contributed by atoms with Crippen LogP contribution < -0.4 is 32.9 Å². The maximum atomic E-state index is 13.9. The van der Waals surface area contributed by atoms with Crippen molar-refractivity contribution < 1.29 is 189 Å². The summed E-state index contributed by atoms with van der Waals surface area (Å²) >= 11 is 0. The Kier molecular flexibility index (Phi) is 51.0. The minimum atomic E-state index is -6.04. The standard InChI is InChI=1S/C40H53N2O14PS.C19H23O6P.C13H16F3O8PS.C12H17O6P.C8H11O4P/c1-6-50-38(44)28(4)55-57(46,56-32-10-8-7-9-11-32)26-53-31-14-12-29(13-15-31)22-35(41-40(45)54-37-25-52-39-34(37)20-21-51-39)36(43)24-42(23-27(2)3)58(47,48)33-18-16-30(49-5)17-19-33;1-3-23-19(20)16(2)24-26(21,25-18-12-8-5-9-13-18)15-22-14-17-10-6-4-7-11-17;1-3-21-12(17)10(2)23-25(18,24-11-7-5-4-6-8-11)9-22-26(19,20)13(14,15)16;1-3-16-12(14)10(2)17-19(15,9-13)18-11-7-5-4-6-8-11;9-13(10,11)7-12-6-8-4-2-1-3-5-8/h7-19,27-28,34-37,39,43H,6,20-26H2,1-5H3,(H,41,45);4-13,16H,3,14-15H2,1-2H3;4-8,10H,3,9H2,1-2H3;4-8,10,13H,3,9H2,1-2H3;1-5H,6-7H2,(H2,9,10,11)/t28-,34-,35-,36+,37-,39+,57?;16-,26?;10-,25?;10-,19?;/m0000./s1. The van der Waals surface area contributed by atoms with Gasteiger partial charge < -0.3 is 95.5 Å². The second-order valence-corrected chi connectivity index (χ2v) is 43.4. The van der Waals surface area contributed by atoms with Crippen molar-refractivity contribution in [1.29, 1.82) is 0 Å². The van der Waals surface area contributed by atoms with Crippen LogP contribution in [0.15, 0.2) is 235 Å². The summed E-state index contributed by atoms with van der Waals surface area (Å²) in [6.45, 7) is 16.9. The summed E-state index contributed by atoms with van der Waals surface area (Å²) in [6, 6.07) is 62.5. The summed E-state index contributed by atoms with van der Waals surface area (Å²) in [5, 5.41) is 23.7. The van der Waals surface area contributed by atoms with E-state index in [-0.39, 0.29) is 112 Å². The summed E-state index contributed by atoms with van der Waals surface area (Å²) in [5.74, 6) is -1.59. The van der Waals surface area contributed by atoms with Crippen LogP contribution in [0.3, 0.4) is 0 Å². The number of nitrogens with zero attached hydrogens (tertiary/aromatic N) is 1. The van der Waals surface area contributed by atoms with Gasteiger partial charge in [-0.25, -0.2) is 54.8 Å². The van der Waals surface area contributed by atoms with Crippen molar-refractivity contribution >= 4 is 88.1 Å². The number of carbonyl (C=O) groups excluding carboxylic acids is 5. The molecule has 50 heteroatoms. The SMILES string of the molecule is CCOC(=O)[C@H](C)OP(=O)(CO)Oc1ccccc1.CCOC(=O)[C@H](C)OP(=O)(COCc1ccccc1)Oc1ccccc1.CCOC(=O)[C@H](C)OP(=O)(COS(=O)(=O)C(F)(F)F)Oc1ccccc1.CCOC(=O)[C@H](C)OP(=O)(COc1ccc(C[C@H](NC(=O)O[C@H]2CO[C@H]3OCC[C@H]32)[C@H](O)CN(CC(C)C)S(=O)(=O)c2ccc(OC)cc2)cc1)Oc1ccccc1.O=P(O)(O)COCc1ccccc1. The lowest BCUT2D eigenvalue weighted by Gasteiger charge is -2.31.